The van der Waals surface area contributed by atoms with Gasteiger partial charge in [0, 0.05) is 28.9 Å². The summed E-state index contributed by atoms with van der Waals surface area (Å²) in [5.74, 6) is -2.17. The van der Waals surface area contributed by atoms with Gasteiger partial charge >= 0.3 is 6.03 Å². The second-order valence-corrected chi connectivity index (χ2v) is 9.64. The molecule has 2 amide bonds. The van der Waals surface area contributed by atoms with Gasteiger partial charge in [0.1, 0.15) is 23.1 Å². The maximum absolute atomic E-state index is 15.0. The number of hydrogen-bond donors (Lipinski definition) is 3. The van der Waals surface area contributed by atoms with Crippen LogP contribution < -0.4 is 16.4 Å². The fraction of sp³-hybridized carbons (Fsp3) is 0.167. The molecule has 4 N–H and O–H groups in total. The van der Waals surface area contributed by atoms with Crippen molar-refractivity contribution in [3.63, 3.8) is 0 Å². The molecule has 2 aromatic heterocycles. The van der Waals surface area contributed by atoms with Crippen LogP contribution in [0, 0.1) is 17.5 Å². The highest BCUT2D eigenvalue weighted by atomic mass is 32.1. The third-order valence-corrected chi connectivity index (χ3v) is 6.35. The normalized spacial score (nSPS) is 11.4. The summed E-state index contributed by atoms with van der Waals surface area (Å²) in [5, 5.41) is 5.59. The number of hydrogen-bond acceptors (Lipinski definition) is 6. The maximum Gasteiger partial charge on any atom is 0.323 e. The van der Waals surface area contributed by atoms with Crippen molar-refractivity contribution >= 4 is 34.7 Å². The number of amides is 2. The molecule has 35 heavy (non-hydrogen) atoms. The molecule has 0 radical (unpaired) electrons. The molecule has 0 fully saturated rings. The molecule has 0 aliphatic heterocycles. The summed E-state index contributed by atoms with van der Waals surface area (Å²) in [6.45, 7) is 5.96. The fourth-order valence-electron chi connectivity index (χ4n) is 3.16. The SMILES string of the molecule is CC(C)(C)c1nc(-c2ccnc(N)n2)c(-c2cc(NC(=O)Nc3ccc(F)cc3F)ccc2F)s1. The van der Waals surface area contributed by atoms with Crippen LogP contribution in [0.4, 0.5) is 35.3 Å². The number of carbonyl (C=O) groups excluding carboxylic acids is 1. The first-order valence-electron chi connectivity index (χ1n) is 10.4. The zero-order chi connectivity index (χ0) is 25.3. The molecule has 0 saturated heterocycles. The molecular weight excluding hydrogens is 477 g/mol. The van der Waals surface area contributed by atoms with E-state index in [1.54, 1.807) is 6.07 Å². The Labute approximate surface area is 203 Å². The number of nitrogen functional groups attached to an aromatic ring is 1. The van der Waals surface area contributed by atoms with E-state index in [0.717, 1.165) is 17.1 Å². The largest absolute Gasteiger partial charge is 0.368 e. The van der Waals surface area contributed by atoms with Gasteiger partial charge in [0.05, 0.1) is 21.3 Å². The number of nitrogens with two attached hydrogens (primary N) is 1. The van der Waals surface area contributed by atoms with E-state index >= 15 is 4.39 Å². The lowest BCUT2D eigenvalue weighted by Gasteiger charge is -2.13. The van der Waals surface area contributed by atoms with Gasteiger partial charge in [-0.15, -0.1) is 11.3 Å². The Morgan fingerprint density at radius 2 is 1.74 bits per heavy atom. The van der Waals surface area contributed by atoms with E-state index in [0.29, 0.717) is 22.3 Å². The summed E-state index contributed by atoms with van der Waals surface area (Å²) in [4.78, 5) is 25.7. The van der Waals surface area contributed by atoms with Gasteiger partial charge in [-0.2, -0.15) is 0 Å². The van der Waals surface area contributed by atoms with Crippen LogP contribution in [0.15, 0.2) is 48.7 Å². The Balaban J connectivity index is 1.70. The standard InChI is InChI=1S/C24H21F3N6OS/c1-24(2,3)21-33-19(18-8-9-29-22(28)31-18)20(35-21)14-11-13(5-6-15(14)26)30-23(34)32-17-7-4-12(25)10-16(17)27/h4-11H,1-3H3,(H2,28,29,31)(H2,30,32,34). The third kappa shape index (κ3) is 5.40. The Hall–Kier alpha value is -3.99. The smallest absolute Gasteiger partial charge is 0.323 e. The lowest BCUT2D eigenvalue weighted by atomic mass is 9.98. The predicted octanol–water partition coefficient (Wildman–Crippen LogP) is 6.21. The summed E-state index contributed by atoms with van der Waals surface area (Å²) >= 11 is 1.30. The molecule has 0 saturated carbocycles. The van der Waals surface area contributed by atoms with Gasteiger partial charge in [-0.3, -0.25) is 0 Å². The first-order valence-corrected chi connectivity index (χ1v) is 11.3. The van der Waals surface area contributed by atoms with Crippen LogP contribution in [0.3, 0.4) is 0 Å². The summed E-state index contributed by atoms with van der Waals surface area (Å²) in [7, 11) is 0. The maximum atomic E-state index is 15.0. The average molecular weight is 499 g/mol. The van der Waals surface area contributed by atoms with Crippen molar-refractivity contribution in [3.8, 4) is 21.8 Å². The van der Waals surface area contributed by atoms with Crippen molar-refractivity contribution in [2.24, 2.45) is 0 Å². The Morgan fingerprint density at radius 1 is 0.971 bits per heavy atom. The molecule has 2 heterocycles. The number of aromatic nitrogens is 3. The van der Waals surface area contributed by atoms with Crippen LogP contribution in [-0.4, -0.2) is 21.0 Å². The van der Waals surface area contributed by atoms with Crippen molar-refractivity contribution in [1.29, 1.82) is 0 Å². The second kappa shape index (κ2) is 9.34. The number of rotatable bonds is 4. The molecule has 11 heteroatoms. The van der Waals surface area contributed by atoms with Gasteiger partial charge < -0.3 is 16.4 Å². The number of urea groups is 1. The minimum Gasteiger partial charge on any atom is -0.368 e. The fourth-order valence-corrected chi connectivity index (χ4v) is 4.31. The first kappa shape index (κ1) is 24.1. The van der Waals surface area contributed by atoms with E-state index in [-0.39, 0.29) is 28.3 Å². The highest BCUT2D eigenvalue weighted by Crippen LogP contribution is 2.41. The van der Waals surface area contributed by atoms with E-state index in [4.69, 9.17) is 10.7 Å². The second-order valence-electron chi connectivity index (χ2n) is 8.64. The number of carbonyl (C=O) groups is 1. The lowest BCUT2D eigenvalue weighted by Crippen LogP contribution is -2.20. The Morgan fingerprint density at radius 3 is 2.43 bits per heavy atom. The van der Waals surface area contributed by atoms with Gasteiger partial charge in [0.25, 0.3) is 0 Å². The van der Waals surface area contributed by atoms with E-state index < -0.39 is 23.5 Å². The van der Waals surface area contributed by atoms with Gasteiger partial charge in [0.15, 0.2) is 0 Å². The van der Waals surface area contributed by atoms with Crippen molar-refractivity contribution in [2.45, 2.75) is 26.2 Å². The zero-order valence-electron chi connectivity index (χ0n) is 19.0. The van der Waals surface area contributed by atoms with Gasteiger partial charge in [-0.25, -0.2) is 32.9 Å². The summed E-state index contributed by atoms with van der Waals surface area (Å²) in [6.07, 6.45) is 1.49. The average Bonchev–Trinajstić information content (AvgIpc) is 3.23. The van der Waals surface area contributed by atoms with E-state index in [1.165, 1.54) is 35.7 Å². The molecule has 0 atom stereocenters. The van der Waals surface area contributed by atoms with Gasteiger partial charge in [-0.05, 0) is 36.4 Å². The summed E-state index contributed by atoms with van der Waals surface area (Å²) in [6, 6.07) is 7.65. The number of thiazole rings is 1. The number of anilines is 3. The topological polar surface area (TPSA) is 106 Å². The Bertz CT molecular complexity index is 1420. The monoisotopic (exact) mass is 498 g/mol. The molecule has 0 aliphatic carbocycles. The molecule has 4 aromatic rings. The first-order chi connectivity index (χ1) is 16.5. The van der Waals surface area contributed by atoms with E-state index in [1.807, 2.05) is 20.8 Å². The van der Waals surface area contributed by atoms with Crippen molar-refractivity contribution < 1.29 is 18.0 Å². The van der Waals surface area contributed by atoms with Gasteiger partial charge in [0.2, 0.25) is 5.95 Å². The number of nitrogens with one attached hydrogen (secondary N) is 2. The molecular formula is C24H21F3N6OS. The minimum absolute atomic E-state index is 0.0549. The third-order valence-electron chi connectivity index (χ3n) is 4.83. The summed E-state index contributed by atoms with van der Waals surface area (Å²) in [5.41, 5.74) is 6.53. The molecule has 180 valence electrons. The Kier molecular flexibility index (Phi) is 6.44. The molecule has 4 rings (SSSR count). The van der Waals surface area contributed by atoms with Crippen molar-refractivity contribution in [1.82, 2.24) is 15.0 Å². The van der Waals surface area contributed by atoms with Crippen LogP contribution in [0.5, 0.6) is 0 Å². The minimum atomic E-state index is -0.923. The molecule has 0 spiro atoms. The van der Waals surface area contributed by atoms with Crippen molar-refractivity contribution in [2.75, 3.05) is 16.4 Å². The summed E-state index contributed by atoms with van der Waals surface area (Å²) < 4.78 is 42.0. The van der Waals surface area contributed by atoms with E-state index in [2.05, 4.69) is 20.6 Å². The number of halogens is 3. The van der Waals surface area contributed by atoms with Crippen molar-refractivity contribution in [3.05, 3.63) is 71.1 Å². The number of nitrogens with zero attached hydrogens (tertiary/aromatic N) is 3. The van der Waals surface area contributed by atoms with Crippen LogP contribution in [0.2, 0.25) is 0 Å². The molecule has 0 unspecified atom stereocenters. The number of benzene rings is 2. The van der Waals surface area contributed by atoms with E-state index in [9.17, 15) is 13.6 Å². The lowest BCUT2D eigenvalue weighted by molar-refractivity contribution is 0.262. The molecule has 0 aliphatic rings. The predicted molar refractivity (Wildman–Crippen MR) is 131 cm³/mol. The van der Waals surface area contributed by atoms with Crippen LogP contribution in [0.1, 0.15) is 25.8 Å². The van der Waals surface area contributed by atoms with Gasteiger partial charge in [-0.1, -0.05) is 20.8 Å². The van der Waals surface area contributed by atoms with Crippen LogP contribution >= 0.6 is 11.3 Å². The highest BCUT2D eigenvalue weighted by molar-refractivity contribution is 7.15. The zero-order valence-corrected chi connectivity index (χ0v) is 19.8. The molecule has 2 aromatic carbocycles. The van der Waals surface area contributed by atoms with Crippen LogP contribution in [0.25, 0.3) is 21.8 Å². The highest BCUT2D eigenvalue weighted by Gasteiger charge is 2.25. The quantitative estimate of drug-likeness (QED) is 0.310. The molecule has 0 bridgehead atoms. The van der Waals surface area contributed by atoms with Crippen LogP contribution in [-0.2, 0) is 5.41 Å². The molecule has 7 nitrogen and oxygen atoms in total.